The van der Waals surface area contributed by atoms with Gasteiger partial charge in [-0.1, -0.05) is 125 Å². The van der Waals surface area contributed by atoms with Gasteiger partial charge in [-0.05, 0) is 37.0 Å². The standard InChI is InChI=1S/C31H60O4/c1-6-7-8-9-10-11-12-13-14-15-16-17-18-22-25-34-29(32)23-20-19-21-24-30(33)35-27-28(2)26-31(3,4)5/h28H,6-27H2,1-5H3. The fourth-order valence-electron chi connectivity index (χ4n) is 4.68. The molecule has 0 aliphatic heterocycles. The van der Waals surface area contributed by atoms with Gasteiger partial charge in [0.05, 0.1) is 13.2 Å². The number of carbonyl (C=O) groups is 2. The van der Waals surface area contributed by atoms with Crippen molar-refractivity contribution in [3.63, 3.8) is 0 Å². The fraction of sp³-hybridized carbons (Fsp3) is 0.935. The summed E-state index contributed by atoms with van der Waals surface area (Å²) in [6.45, 7) is 12.1. The molecule has 0 aliphatic carbocycles. The number of unbranched alkanes of at least 4 members (excludes halogenated alkanes) is 15. The maximum Gasteiger partial charge on any atom is 0.305 e. The third kappa shape index (κ3) is 27.4. The van der Waals surface area contributed by atoms with E-state index >= 15 is 0 Å². The molecule has 0 aliphatic rings. The maximum atomic E-state index is 11.9. The minimum atomic E-state index is -0.119. The van der Waals surface area contributed by atoms with Crippen molar-refractivity contribution in [3.8, 4) is 0 Å². The van der Waals surface area contributed by atoms with Crippen LogP contribution in [-0.4, -0.2) is 25.2 Å². The monoisotopic (exact) mass is 496 g/mol. The first-order chi connectivity index (χ1) is 16.7. The molecule has 0 spiro atoms. The van der Waals surface area contributed by atoms with Crippen LogP contribution in [0.2, 0.25) is 0 Å². The molecule has 4 heteroatoms. The molecule has 1 atom stereocenters. The Hall–Kier alpha value is -1.06. The molecule has 1 unspecified atom stereocenters. The van der Waals surface area contributed by atoms with E-state index in [2.05, 4.69) is 34.6 Å². The minimum absolute atomic E-state index is 0.0988. The van der Waals surface area contributed by atoms with Gasteiger partial charge >= 0.3 is 11.9 Å². The van der Waals surface area contributed by atoms with Crippen molar-refractivity contribution in [3.05, 3.63) is 0 Å². The van der Waals surface area contributed by atoms with Gasteiger partial charge in [0.15, 0.2) is 0 Å². The van der Waals surface area contributed by atoms with Crippen LogP contribution in [0.1, 0.15) is 163 Å². The summed E-state index contributed by atoms with van der Waals surface area (Å²) in [5, 5.41) is 0. The van der Waals surface area contributed by atoms with Crippen LogP contribution in [0.3, 0.4) is 0 Å². The highest BCUT2D eigenvalue weighted by atomic mass is 16.5. The lowest BCUT2D eigenvalue weighted by Crippen LogP contribution is -2.17. The predicted octanol–water partition coefficient (Wildman–Crippen LogP) is 9.58. The smallest absolute Gasteiger partial charge is 0.305 e. The van der Waals surface area contributed by atoms with Crippen LogP contribution in [0.25, 0.3) is 0 Å². The lowest BCUT2D eigenvalue weighted by molar-refractivity contribution is -0.145. The van der Waals surface area contributed by atoms with Gasteiger partial charge in [0, 0.05) is 12.8 Å². The molecule has 0 aromatic carbocycles. The van der Waals surface area contributed by atoms with Crippen LogP contribution in [-0.2, 0) is 19.1 Å². The molecule has 0 saturated carbocycles. The molecule has 208 valence electrons. The van der Waals surface area contributed by atoms with Gasteiger partial charge in [0.1, 0.15) is 0 Å². The molecular weight excluding hydrogens is 436 g/mol. The molecule has 0 rings (SSSR count). The van der Waals surface area contributed by atoms with Crippen LogP contribution >= 0.6 is 0 Å². The van der Waals surface area contributed by atoms with Crippen molar-refractivity contribution < 1.29 is 19.1 Å². The van der Waals surface area contributed by atoms with Gasteiger partial charge in [-0.2, -0.15) is 0 Å². The van der Waals surface area contributed by atoms with E-state index in [4.69, 9.17) is 9.47 Å². The fourth-order valence-corrected chi connectivity index (χ4v) is 4.68. The minimum Gasteiger partial charge on any atom is -0.466 e. The molecule has 0 fully saturated rings. The lowest BCUT2D eigenvalue weighted by atomic mass is 9.86. The molecule has 0 saturated heterocycles. The quantitative estimate of drug-likeness (QED) is 0.0985. The van der Waals surface area contributed by atoms with Gasteiger partial charge < -0.3 is 9.47 Å². The van der Waals surface area contributed by atoms with Crippen LogP contribution in [0.15, 0.2) is 0 Å². The van der Waals surface area contributed by atoms with Gasteiger partial charge in [0.2, 0.25) is 0 Å². The normalized spacial score (nSPS) is 12.5. The molecule has 0 bridgehead atoms. The molecule has 0 aromatic heterocycles. The van der Waals surface area contributed by atoms with E-state index in [1.165, 1.54) is 77.0 Å². The maximum absolute atomic E-state index is 11.9. The van der Waals surface area contributed by atoms with Crippen LogP contribution < -0.4 is 0 Å². The highest BCUT2D eigenvalue weighted by Crippen LogP contribution is 2.24. The Morgan fingerprint density at radius 1 is 0.600 bits per heavy atom. The summed E-state index contributed by atoms with van der Waals surface area (Å²) in [7, 11) is 0. The van der Waals surface area contributed by atoms with E-state index in [9.17, 15) is 9.59 Å². The third-order valence-electron chi connectivity index (χ3n) is 6.51. The highest BCUT2D eigenvalue weighted by Gasteiger charge is 2.16. The Kier molecular flexibility index (Phi) is 22.6. The van der Waals surface area contributed by atoms with Crippen molar-refractivity contribution >= 4 is 11.9 Å². The first kappa shape index (κ1) is 33.9. The first-order valence-corrected chi connectivity index (χ1v) is 15.1. The van der Waals surface area contributed by atoms with Crippen LogP contribution in [0, 0.1) is 11.3 Å². The molecule has 0 radical (unpaired) electrons. The SMILES string of the molecule is CCCCCCCCCCCCCCCCOC(=O)CCCCCC(=O)OCC(C)CC(C)(C)C. The van der Waals surface area contributed by atoms with Gasteiger partial charge in [-0.3, -0.25) is 9.59 Å². The summed E-state index contributed by atoms with van der Waals surface area (Å²) >= 11 is 0. The summed E-state index contributed by atoms with van der Waals surface area (Å²) < 4.78 is 10.7. The zero-order chi connectivity index (χ0) is 26.2. The van der Waals surface area contributed by atoms with E-state index < -0.39 is 0 Å². The van der Waals surface area contributed by atoms with Crippen molar-refractivity contribution in [1.29, 1.82) is 0 Å². The Morgan fingerprint density at radius 3 is 1.46 bits per heavy atom. The Labute approximate surface area is 218 Å². The Balaban J connectivity index is 3.36. The second-order valence-electron chi connectivity index (χ2n) is 11.9. The second-order valence-corrected chi connectivity index (χ2v) is 11.9. The Bertz CT molecular complexity index is 495. The number of carbonyl (C=O) groups excluding carboxylic acids is 2. The molecule has 0 amide bonds. The average molecular weight is 497 g/mol. The first-order valence-electron chi connectivity index (χ1n) is 15.1. The highest BCUT2D eigenvalue weighted by molar-refractivity contribution is 5.69. The van der Waals surface area contributed by atoms with Gasteiger partial charge in [-0.15, -0.1) is 0 Å². The summed E-state index contributed by atoms with van der Waals surface area (Å²) in [5.41, 5.74) is 0.257. The van der Waals surface area contributed by atoms with Gasteiger partial charge in [-0.25, -0.2) is 0 Å². The summed E-state index contributed by atoms with van der Waals surface area (Å²) in [5.74, 6) is 0.165. The topological polar surface area (TPSA) is 52.6 Å². The molecule has 0 aromatic rings. The number of hydrogen-bond donors (Lipinski definition) is 0. The van der Waals surface area contributed by atoms with Crippen molar-refractivity contribution in [2.45, 2.75) is 163 Å². The van der Waals surface area contributed by atoms with Crippen LogP contribution in [0.5, 0.6) is 0 Å². The van der Waals surface area contributed by atoms with E-state index in [1.807, 2.05) is 0 Å². The number of ether oxygens (including phenoxy) is 2. The predicted molar refractivity (Wildman–Crippen MR) is 149 cm³/mol. The van der Waals surface area contributed by atoms with E-state index in [-0.39, 0.29) is 17.4 Å². The summed E-state index contributed by atoms with van der Waals surface area (Å²) in [4.78, 5) is 23.7. The average Bonchev–Trinajstić information content (AvgIpc) is 2.79. The second kappa shape index (κ2) is 23.3. The molecule has 35 heavy (non-hydrogen) atoms. The number of hydrogen-bond acceptors (Lipinski definition) is 4. The van der Waals surface area contributed by atoms with E-state index in [0.29, 0.717) is 32.0 Å². The van der Waals surface area contributed by atoms with E-state index in [0.717, 1.165) is 38.5 Å². The molecular formula is C31H60O4. The molecule has 4 nitrogen and oxygen atoms in total. The molecule has 0 N–H and O–H groups in total. The number of esters is 2. The number of rotatable bonds is 24. The summed E-state index contributed by atoms with van der Waals surface area (Å²) in [6, 6.07) is 0. The lowest BCUT2D eigenvalue weighted by Gasteiger charge is -2.22. The van der Waals surface area contributed by atoms with Crippen LogP contribution in [0.4, 0.5) is 0 Å². The Morgan fingerprint density at radius 2 is 1.00 bits per heavy atom. The zero-order valence-electron chi connectivity index (χ0n) is 24.3. The molecule has 0 heterocycles. The summed E-state index contributed by atoms with van der Waals surface area (Å²) in [6.07, 6.45) is 23.0. The van der Waals surface area contributed by atoms with Crippen molar-refractivity contribution in [1.82, 2.24) is 0 Å². The van der Waals surface area contributed by atoms with E-state index in [1.54, 1.807) is 0 Å². The largest absolute Gasteiger partial charge is 0.466 e. The van der Waals surface area contributed by atoms with Crippen molar-refractivity contribution in [2.75, 3.05) is 13.2 Å². The zero-order valence-corrected chi connectivity index (χ0v) is 24.3. The third-order valence-corrected chi connectivity index (χ3v) is 6.51. The van der Waals surface area contributed by atoms with Crippen molar-refractivity contribution in [2.24, 2.45) is 11.3 Å². The van der Waals surface area contributed by atoms with Gasteiger partial charge in [0.25, 0.3) is 0 Å².